The fraction of sp³-hybridized carbons (Fsp3) is 0.222. The number of halogens is 1. The molecule has 0 aliphatic carbocycles. The van der Waals surface area contributed by atoms with Gasteiger partial charge in [-0.2, -0.15) is 0 Å². The molecule has 1 rings (SSSR count). The van der Waals surface area contributed by atoms with Gasteiger partial charge in [0.25, 0.3) is 0 Å². The second-order valence-corrected chi connectivity index (χ2v) is 3.08. The molecule has 0 saturated carbocycles. The molecule has 1 N–H and O–H groups in total. The molecule has 0 aliphatic heterocycles. The van der Waals surface area contributed by atoms with Crippen molar-refractivity contribution in [2.45, 2.75) is 12.5 Å². The highest BCUT2D eigenvalue weighted by atomic mass is 35.5. The van der Waals surface area contributed by atoms with Crippen molar-refractivity contribution < 1.29 is 14.6 Å². The van der Waals surface area contributed by atoms with E-state index in [0.717, 1.165) is 0 Å². The highest BCUT2D eigenvalue weighted by Crippen LogP contribution is 2.19. The highest BCUT2D eigenvalue weighted by molar-refractivity contribution is 6.19. The Balaban J connectivity index is 2.98. The maximum Gasteiger partial charge on any atom is 0.339 e. The number of carboxylic acid groups (broad SMARTS) is 1. The lowest BCUT2D eigenvalue weighted by Gasteiger charge is -2.09. The van der Waals surface area contributed by atoms with Crippen molar-refractivity contribution in [1.29, 1.82) is 0 Å². The van der Waals surface area contributed by atoms with E-state index in [1.165, 1.54) is 6.07 Å². The predicted molar refractivity (Wildman–Crippen MR) is 49.3 cm³/mol. The minimum absolute atomic E-state index is 0.120. The van der Waals surface area contributed by atoms with Gasteiger partial charge in [-0.3, -0.25) is 0 Å². The first-order chi connectivity index (χ1) is 6.11. The number of hydrogen-bond donors (Lipinski definition) is 1. The summed E-state index contributed by atoms with van der Waals surface area (Å²) in [4.78, 5) is 10.7. The van der Waals surface area contributed by atoms with Crippen LogP contribution in [0.15, 0.2) is 24.3 Å². The smallest absolute Gasteiger partial charge is 0.339 e. The van der Waals surface area contributed by atoms with Crippen molar-refractivity contribution in [1.82, 2.24) is 0 Å². The van der Waals surface area contributed by atoms with Gasteiger partial charge in [0, 0.05) is 0 Å². The average molecular weight is 201 g/mol. The minimum atomic E-state index is -1.02. The molecule has 0 radical (unpaired) electrons. The van der Waals surface area contributed by atoms with Crippen LogP contribution in [0.4, 0.5) is 0 Å². The zero-order chi connectivity index (χ0) is 9.84. The van der Waals surface area contributed by atoms with Crippen LogP contribution in [0.25, 0.3) is 0 Å². The molecular weight excluding hydrogens is 192 g/mol. The molecule has 1 atom stereocenters. The number of carbonyl (C=O) groups is 1. The normalized spacial score (nSPS) is 12.2. The third-order valence-electron chi connectivity index (χ3n) is 1.41. The number of aromatic carboxylic acids is 1. The fourth-order valence-corrected chi connectivity index (χ4v) is 1.02. The number of hydrogen-bond acceptors (Lipinski definition) is 2. The molecule has 1 aromatic carbocycles. The Kier molecular flexibility index (Phi) is 3.14. The first-order valence-electron chi connectivity index (χ1n) is 3.74. The van der Waals surface area contributed by atoms with Crippen molar-refractivity contribution in [3.63, 3.8) is 0 Å². The quantitative estimate of drug-likeness (QED) is 0.762. The fourth-order valence-electron chi connectivity index (χ4n) is 0.921. The number of carboxylic acids is 1. The van der Waals surface area contributed by atoms with Gasteiger partial charge in [0.15, 0.2) is 5.56 Å². The van der Waals surface area contributed by atoms with Crippen LogP contribution >= 0.6 is 11.6 Å². The predicted octanol–water partition coefficient (Wildman–Crippen LogP) is 2.35. The molecule has 70 valence electrons. The Morgan fingerprint density at radius 2 is 2.15 bits per heavy atom. The summed E-state index contributed by atoms with van der Waals surface area (Å²) in [5.74, 6) is -0.731. The lowest BCUT2D eigenvalue weighted by molar-refractivity contribution is 0.0692. The SMILES string of the molecule is CC(Cl)Oc1ccccc1C(=O)O. The zero-order valence-electron chi connectivity index (χ0n) is 7.03. The molecule has 0 fully saturated rings. The summed E-state index contributed by atoms with van der Waals surface area (Å²) in [6.45, 7) is 1.63. The molecule has 4 heteroatoms. The van der Waals surface area contributed by atoms with Crippen molar-refractivity contribution >= 4 is 17.6 Å². The molecule has 0 heterocycles. The maximum atomic E-state index is 10.7. The molecule has 13 heavy (non-hydrogen) atoms. The number of rotatable bonds is 3. The van der Waals surface area contributed by atoms with Gasteiger partial charge in [0.1, 0.15) is 11.3 Å². The van der Waals surface area contributed by atoms with E-state index in [1.54, 1.807) is 25.1 Å². The van der Waals surface area contributed by atoms with Crippen LogP contribution in [0.1, 0.15) is 17.3 Å². The van der Waals surface area contributed by atoms with E-state index in [-0.39, 0.29) is 11.3 Å². The monoisotopic (exact) mass is 200 g/mol. The number of para-hydroxylation sites is 1. The standard InChI is InChI=1S/C9H9ClO3/c1-6(10)13-8-5-3-2-4-7(8)9(11)12/h2-6H,1H3,(H,11,12). The van der Waals surface area contributed by atoms with Gasteiger partial charge >= 0.3 is 5.97 Å². The molecular formula is C9H9ClO3. The Bertz CT molecular complexity index is 309. The molecule has 0 spiro atoms. The van der Waals surface area contributed by atoms with Crippen LogP contribution in [0.3, 0.4) is 0 Å². The van der Waals surface area contributed by atoms with Crippen molar-refractivity contribution in [2.24, 2.45) is 0 Å². The molecule has 0 saturated heterocycles. The van der Waals surface area contributed by atoms with E-state index in [9.17, 15) is 4.79 Å². The molecule has 3 nitrogen and oxygen atoms in total. The summed E-state index contributed by atoms with van der Waals surface area (Å²) in [6.07, 6.45) is 0. The first-order valence-corrected chi connectivity index (χ1v) is 4.18. The summed E-state index contributed by atoms with van der Waals surface area (Å²) < 4.78 is 5.09. The third kappa shape index (κ3) is 2.63. The average Bonchev–Trinajstić information content (AvgIpc) is 2.03. The van der Waals surface area contributed by atoms with Crippen LogP contribution < -0.4 is 4.74 Å². The van der Waals surface area contributed by atoms with Gasteiger partial charge in [-0.05, 0) is 19.1 Å². The summed E-state index contributed by atoms with van der Waals surface area (Å²) >= 11 is 5.57. The lowest BCUT2D eigenvalue weighted by atomic mass is 10.2. The van der Waals surface area contributed by atoms with Gasteiger partial charge < -0.3 is 9.84 Å². The minimum Gasteiger partial charge on any atom is -0.478 e. The van der Waals surface area contributed by atoms with Crippen molar-refractivity contribution in [3.8, 4) is 5.75 Å². The van der Waals surface area contributed by atoms with Crippen LogP contribution in [-0.4, -0.2) is 16.6 Å². The Morgan fingerprint density at radius 3 is 2.69 bits per heavy atom. The molecule has 0 bridgehead atoms. The van der Waals surface area contributed by atoms with E-state index in [2.05, 4.69) is 0 Å². The van der Waals surface area contributed by atoms with Crippen molar-refractivity contribution in [3.05, 3.63) is 29.8 Å². The highest BCUT2D eigenvalue weighted by Gasteiger charge is 2.11. The molecule has 0 amide bonds. The zero-order valence-corrected chi connectivity index (χ0v) is 7.78. The van der Waals surface area contributed by atoms with E-state index in [1.807, 2.05) is 0 Å². The van der Waals surface area contributed by atoms with E-state index in [4.69, 9.17) is 21.4 Å². The van der Waals surface area contributed by atoms with Crippen LogP contribution in [0.2, 0.25) is 0 Å². The topological polar surface area (TPSA) is 46.5 Å². The molecule has 0 aromatic heterocycles. The summed E-state index contributed by atoms with van der Waals surface area (Å²) in [5.41, 5.74) is -0.421. The van der Waals surface area contributed by atoms with Gasteiger partial charge in [-0.1, -0.05) is 23.7 Å². The van der Waals surface area contributed by atoms with E-state index < -0.39 is 11.5 Å². The molecule has 1 aromatic rings. The summed E-state index contributed by atoms with van der Waals surface area (Å²) in [5, 5.41) is 8.76. The van der Waals surface area contributed by atoms with E-state index in [0.29, 0.717) is 0 Å². The third-order valence-corrected chi connectivity index (χ3v) is 1.50. The summed E-state index contributed by atoms with van der Waals surface area (Å²) in [7, 11) is 0. The number of ether oxygens (including phenoxy) is 1. The lowest BCUT2D eigenvalue weighted by Crippen LogP contribution is -2.07. The van der Waals surface area contributed by atoms with E-state index >= 15 is 0 Å². The maximum absolute atomic E-state index is 10.7. The Morgan fingerprint density at radius 1 is 1.54 bits per heavy atom. The number of benzene rings is 1. The molecule has 0 aliphatic rings. The Labute approximate surface area is 80.9 Å². The largest absolute Gasteiger partial charge is 0.478 e. The van der Waals surface area contributed by atoms with Crippen LogP contribution in [0.5, 0.6) is 5.75 Å². The van der Waals surface area contributed by atoms with Gasteiger partial charge in [0.2, 0.25) is 0 Å². The number of alkyl halides is 1. The van der Waals surface area contributed by atoms with Crippen LogP contribution in [-0.2, 0) is 0 Å². The first kappa shape index (κ1) is 9.86. The van der Waals surface area contributed by atoms with Crippen LogP contribution in [0, 0.1) is 0 Å². The van der Waals surface area contributed by atoms with Crippen molar-refractivity contribution in [2.75, 3.05) is 0 Å². The van der Waals surface area contributed by atoms with Gasteiger partial charge in [-0.25, -0.2) is 4.79 Å². The van der Waals surface area contributed by atoms with Gasteiger partial charge in [0.05, 0.1) is 0 Å². The second kappa shape index (κ2) is 4.14. The van der Waals surface area contributed by atoms with Gasteiger partial charge in [-0.15, -0.1) is 0 Å². The molecule has 1 unspecified atom stereocenters. The Hall–Kier alpha value is -1.22. The summed E-state index contributed by atoms with van der Waals surface area (Å²) in [6, 6.07) is 6.37. The second-order valence-electron chi connectivity index (χ2n) is 2.46.